The molecule has 2 N–H and O–H groups in total. The first-order valence-electron chi connectivity index (χ1n) is 7.24. The van der Waals surface area contributed by atoms with Gasteiger partial charge in [-0.25, -0.2) is 4.79 Å². The lowest BCUT2D eigenvalue weighted by atomic mass is 10.1. The highest BCUT2D eigenvalue weighted by Gasteiger charge is 2.13. The molecule has 0 aliphatic carbocycles. The van der Waals surface area contributed by atoms with E-state index < -0.39 is 0 Å². The van der Waals surface area contributed by atoms with E-state index in [0.717, 1.165) is 24.8 Å². The van der Waals surface area contributed by atoms with Crippen LogP contribution >= 0.6 is 0 Å². The molecule has 0 bridgehead atoms. The van der Waals surface area contributed by atoms with Crippen molar-refractivity contribution < 1.29 is 9.53 Å². The van der Waals surface area contributed by atoms with E-state index >= 15 is 0 Å². The van der Waals surface area contributed by atoms with Crippen molar-refractivity contribution in [3.05, 3.63) is 65.2 Å². The number of unbranched alkanes of at least 4 members (excludes halogenated alkanes) is 1. The smallest absolute Gasteiger partial charge is 0.340 e. The molecule has 0 spiro atoms. The number of carbonyl (C=O) groups excluding carboxylic acids is 1. The summed E-state index contributed by atoms with van der Waals surface area (Å²) >= 11 is 0. The number of nitrogens with two attached hydrogens (primary N) is 1. The molecule has 0 atom stereocenters. The molecule has 3 nitrogen and oxygen atoms in total. The Balaban J connectivity index is 1.75. The molecule has 0 amide bonds. The number of nitrogen functional groups attached to an aromatic ring is 1. The monoisotopic (exact) mass is 283 g/mol. The molecule has 2 aromatic rings. The Kier molecular flexibility index (Phi) is 5.38. The number of hydrogen-bond donors (Lipinski definition) is 1. The van der Waals surface area contributed by atoms with Gasteiger partial charge in [-0.1, -0.05) is 42.5 Å². The van der Waals surface area contributed by atoms with Crippen molar-refractivity contribution in [1.29, 1.82) is 0 Å². The molecule has 0 saturated heterocycles. The number of ether oxygens (including phenoxy) is 1. The molecule has 0 saturated carbocycles. The average Bonchev–Trinajstić information content (AvgIpc) is 2.48. The summed E-state index contributed by atoms with van der Waals surface area (Å²) in [4.78, 5) is 12.0. The molecule has 0 fully saturated rings. The summed E-state index contributed by atoms with van der Waals surface area (Å²) in [7, 11) is 0. The van der Waals surface area contributed by atoms with Crippen LogP contribution in [0.15, 0.2) is 48.5 Å². The van der Waals surface area contributed by atoms with Crippen molar-refractivity contribution in [2.75, 3.05) is 12.3 Å². The molecular formula is C18H21NO2. The first-order valence-corrected chi connectivity index (χ1v) is 7.24. The average molecular weight is 283 g/mol. The van der Waals surface area contributed by atoms with E-state index in [1.807, 2.05) is 37.3 Å². The van der Waals surface area contributed by atoms with E-state index in [2.05, 4.69) is 12.1 Å². The zero-order chi connectivity index (χ0) is 15.1. The van der Waals surface area contributed by atoms with Gasteiger partial charge in [0.2, 0.25) is 0 Å². The maximum atomic E-state index is 12.0. The predicted molar refractivity (Wildman–Crippen MR) is 85.3 cm³/mol. The van der Waals surface area contributed by atoms with E-state index in [0.29, 0.717) is 17.9 Å². The maximum absolute atomic E-state index is 12.0. The first-order chi connectivity index (χ1) is 10.2. The predicted octanol–water partition coefficient (Wildman–Crippen LogP) is 3.76. The lowest BCUT2D eigenvalue weighted by Gasteiger charge is -2.09. The van der Waals surface area contributed by atoms with Crippen LogP contribution in [0.4, 0.5) is 5.69 Å². The standard InChI is InChI=1S/C18H21NO2/c1-14-8-7-12-16(19)17(14)18(20)21-13-6-5-11-15-9-3-2-4-10-15/h2-4,7-10,12H,5-6,11,13,19H2,1H3. The van der Waals surface area contributed by atoms with Gasteiger partial charge >= 0.3 is 5.97 Å². The minimum absolute atomic E-state index is 0.328. The number of aryl methyl sites for hydroxylation is 2. The van der Waals surface area contributed by atoms with Crippen LogP contribution in [0.25, 0.3) is 0 Å². The van der Waals surface area contributed by atoms with Crippen LogP contribution in [0.2, 0.25) is 0 Å². The molecule has 0 aliphatic rings. The maximum Gasteiger partial charge on any atom is 0.340 e. The third-order valence-corrected chi connectivity index (χ3v) is 3.44. The minimum atomic E-state index is -0.328. The minimum Gasteiger partial charge on any atom is -0.462 e. The summed E-state index contributed by atoms with van der Waals surface area (Å²) in [5.74, 6) is -0.328. The third-order valence-electron chi connectivity index (χ3n) is 3.44. The van der Waals surface area contributed by atoms with Crippen molar-refractivity contribution in [2.45, 2.75) is 26.2 Å². The normalized spacial score (nSPS) is 10.3. The van der Waals surface area contributed by atoms with Crippen LogP contribution in [-0.4, -0.2) is 12.6 Å². The lowest BCUT2D eigenvalue weighted by molar-refractivity contribution is 0.0499. The van der Waals surface area contributed by atoms with Gasteiger partial charge in [0.1, 0.15) is 0 Å². The second-order valence-electron chi connectivity index (χ2n) is 5.12. The number of rotatable bonds is 6. The number of benzene rings is 2. The second-order valence-corrected chi connectivity index (χ2v) is 5.12. The van der Waals surface area contributed by atoms with Gasteiger partial charge in [-0.05, 0) is 43.4 Å². The largest absolute Gasteiger partial charge is 0.462 e. The van der Waals surface area contributed by atoms with Gasteiger partial charge in [0.15, 0.2) is 0 Å². The summed E-state index contributed by atoms with van der Waals surface area (Å²) in [5.41, 5.74) is 8.95. The van der Waals surface area contributed by atoms with Crippen molar-refractivity contribution in [1.82, 2.24) is 0 Å². The molecule has 0 aliphatic heterocycles. The zero-order valence-electron chi connectivity index (χ0n) is 12.3. The van der Waals surface area contributed by atoms with Crippen LogP contribution < -0.4 is 5.73 Å². The molecule has 110 valence electrons. The van der Waals surface area contributed by atoms with Crippen LogP contribution in [0, 0.1) is 6.92 Å². The Morgan fingerprint density at radius 2 is 1.81 bits per heavy atom. The molecule has 2 aromatic carbocycles. The number of carbonyl (C=O) groups is 1. The summed E-state index contributed by atoms with van der Waals surface area (Å²) in [6.45, 7) is 2.29. The fraction of sp³-hybridized carbons (Fsp3) is 0.278. The van der Waals surface area contributed by atoms with E-state index in [9.17, 15) is 4.79 Å². The topological polar surface area (TPSA) is 52.3 Å². The zero-order valence-corrected chi connectivity index (χ0v) is 12.3. The van der Waals surface area contributed by atoms with E-state index in [-0.39, 0.29) is 5.97 Å². The Morgan fingerprint density at radius 3 is 2.52 bits per heavy atom. The van der Waals surface area contributed by atoms with Crippen molar-refractivity contribution >= 4 is 11.7 Å². The summed E-state index contributed by atoms with van der Waals surface area (Å²) in [5, 5.41) is 0. The van der Waals surface area contributed by atoms with Gasteiger partial charge in [0.25, 0.3) is 0 Å². The molecule has 0 radical (unpaired) electrons. The van der Waals surface area contributed by atoms with Crippen LogP contribution in [0.3, 0.4) is 0 Å². The van der Waals surface area contributed by atoms with E-state index in [1.54, 1.807) is 6.07 Å². The molecule has 0 aromatic heterocycles. The molecule has 0 heterocycles. The van der Waals surface area contributed by atoms with Crippen LogP contribution in [0.1, 0.15) is 34.3 Å². The highest BCUT2D eigenvalue weighted by molar-refractivity contribution is 5.96. The van der Waals surface area contributed by atoms with Crippen LogP contribution in [0.5, 0.6) is 0 Å². The van der Waals surface area contributed by atoms with Gasteiger partial charge in [0.05, 0.1) is 12.2 Å². The SMILES string of the molecule is Cc1cccc(N)c1C(=O)OCCCCc1ccccc1. The Bertz CT molecular complexity index is 573. The highest BCUT2D eigenvalue weighted by Crippen LogP contribution is 2.17. The van der Waals surface area contributed by atoms with Crippen LogP contribution in [-0.2, 0) is 11.2 Å². The van der Waals surface area contributed by atoms with Gasteiger partial charge < -0.3 is 10.5 Å². The van der Waals surface area contributed by atoms with Gasteiger partial charge in [-0.15, -0.1) is 0 Å². The Labute approximate surface area is 125 Å². The second kappa shape index (κ2) is 7.48. The van der Waals surface area contributed by atoms with Gasteiger partial charge in [-0.2, -0.15) is 0 Å². The van der Waals surface area contributed by atoms with Gasteiger partial charge in [0, 0.05) is 5.69 Å². The Hall–Kier alpha value is -2.29. The first kappa shape index (κ1) is 15.1. The summed E-state index contributed by atoms with van der Waals surface area (Å²) in [6, 6.07) is 15.7. The van der Waals surface area contributed by atoms with E-state index in [1.165, 1.54) is 5.56 Å². The quantitative estimate of drug-likeness (QED) is 0.499. The Morgan fingerprint density at radius 1 is 1.05 bits per heavy atom. The fourth-order valence-corrected chi connectivity index (χ4v) is 2.28. The van der Waals surface area contributed by atoms with Crippen molar-refractivity contribution in [3.63, 3.8) is 0 Å². The van der Waals surface area contributed by atoms with Crippen molar-refractivity contribution in [2.24, 2.45) is 0 Å². The lowest BCUT2D eigenvalue weighted by Crippen LogP contribution is -2.11. The molecular weight excluding hydrogens is 262 g/mol. The molecule has 2 rings (SSSR count). The summed E-state index contributed by atoms with van der Waals surface area (Å²) < 4.78 is 5.31. The molecule has 21 heavy (non-hydrogen) atoms. The molecule has 3 heteroatoms. The van der Waals surface area contributed by atoms with Crippen molar-refractivity contribution in [3.8, 4) is 0 Å². The summed E-state index contributed by atoms with van der Waals surface area (Å²) in [6.07, 6.45) is 2.86. The van der Waals surface area contributed by atoms with E-state index in [4.69, 9.17) is 10.5 Å². The fourth-order valence-electron chi connectivity index (χ4n) is 2.28. The number of hydrogen-bond acceptors (Lipinski definition) is 3. The highest BCUT2D eigenvalue weighted by atomic mass is 16.5. The number of esters is 1. The van der Waals surface area contributed by atoms with Gasteiger partial charge in [-0.3, -0.25) is 0 Å². The molecule has 0 unspecified atom stereocenters. The number of anilines is 1. The third kappa shape index (κ3) is 4.35.